The molecule has 2 N–H and O–H groups in total. The van der Waals surface area contributed by atoms with Crippen LogP contribution < -0.4 is 10.0 Å². The van der Waals surface area contributed by atoms with Crippen molar-refractivity contribution in [3.8, 4) is 0 Å². The van der Waals surface area contributed by atoms with Crippen LogP contribution in [0, 0.1) is 0 Å². The zero-order valence-electron chi connectivity index (χ0n) is 16.2. The Balaban J connectivity index is 2.16. The molecule has 0 bridgehead atoms. The van der Waals surface area contributed by atoms with E-state index in [4.69, 9.17) is 0 Å². The maximum absolute atomic E-state index is 12.6. The van der Waals surface area contributed by atoms with Gasteiger partial charge in [-0.25, -0.2) is 22.7 Å². The Morgan fingerprint density at radius 2 is 1.59 bits per heavy atom. The molecule has 0 amide bonds. The van der Waals surface area contributed by atoms with Crippen LogP contribution in [0.2, 0.25) is 0 Å². The Kier molecular flexibility index (Phi) is 7.52. The van der Waals surface area contributed by atoms with Gasteiger partial charge in [0.15, 0.2) is 0 Å². The van der Waals surface area contributed by atoms with Gasteiger partial charge in [0, 0.05) is 11.7 Å². The maximum atomic E-state index is 12.6. The number of benzene rings is 2. The highest BCUT2D eigenvalue weighted by Crippen LogP contribution is 2.19. The van der Waals surface area contributed by atoms with Crippen LogP contribution in [0.15, 0.2) is 71.3 Å². The molecule has 0 radical (unpaired) electrons. The SMILES string of the molecule is COC(=O)/C=C(/Nc1ccc(S(=O)(=O)NC(C)c2ccccc2)cc1)C(=O)OC. The standard InChI is InChI=1S/C20H22N2O6S/c1-14(15-7-5-4-6-8-15)22-29(25,26)17-11-9-16(10-12-17)21-18(20(24)28-3)13-19(23)27-2/h4-14,21-22H,1-3H3/b18-13+. The van der Waals surface area contributed by atoms with Crippen molar-refractivity contribution in [2.24, 2.45) is 0 Å². The number of hydrogen-bond acceptors (Lipinski definition) is 7. The van der Waals surface area contributed by atoms with Gasteiger partial charge in [-0.1, -0.05) is 30.3 Å². The minimum atomic E-state index is -3.75. The van der Waals surface area contributed by atoms with E-state index in [0.717, 1.165) is 11.6 Å². The van der Waals surface area contributed by atoms with Gasteiger partial charge in [0.2, 0.25) is 10.0 Å². The van der Waals surface area contributed by atoms with Gasteiger partial charge in [-0.15, -0.1) is 0 Å². The fraction of sp³-hybridized carbons (Fsp3) is 0.200. The number of ether oxygens (including phenoxy) is 2. The molecule has 1 atom stereocenters. The predicted molar refractivity (Wildman–Crippen MR) is 107 cm³/mol. The summed E-state index contributed by atoms with van der Waals surface area (Å²) in [7, 11) is -1.41. The van der Waals surface area contributed by atoms with Crippen LogP contribution in [0.25, 0.3) is 0 Å². The molecule has 0 aliphatic carbocycles. The van der Waals surface area contributed by atoms with Crippen LogP contribution in [0.3, 0.4) is 0 Å². The average Bonchev–Trinajstić information content (AvgIpc) is 2.73. The molecule has 0 aliphatic rings. The van der Waals surface area contributed by atoms with Gasteiger partial charge in [-0.3, -0.25) is 0 Å². The summed E-state index contributed by atoms with van der Waals surface area (Å²) in [5, 5.41) is 2.71. The molecule has 0 fully saturated rings. The Morgan fingerprint density at radius 3 is 2.14 bits per heavy atom. The lowest BCUT2D eigenvalue weighted by molar-refractivity contribution is -0.138. The van der Waals surface area contributed by atoms with Gasteiger partial charge in [-0.05, 0) is 36.8 Å². The fourth-order valence-electron chi connectivity index (χ4n) is 2.42. The van der Waals surface area contributed by atoms with Crippen molar-refractivity contribution in [2.75, 3.05) is 19.5 Å². The number of carbonyl (C=O) groups is 2. The second kappa shape index (κ2) is 9.85. The largest absolute Gasteiger partial charge is 0.466 e. The Morgan fingerprint density at radius 1 is 0.966 bits per heavy atom. The summed E-state index contributed by atoms with van der Waals surface area (Å²) in [6, 6.07) is 14.5. The second-order valence-electron chi connectivity index (χ2n) is 5.98. The first-order valence-electron chi connectivity index (χ1n) is 8.59. The third kappa shape index (κ3) is 6.16. The highest BCUT2D eigenvalue weighted by atomic mass is 32.2. The third-order valence-electron chi connectivity index (χ3n) is 3.94. The minimum absolute atomic E-state index is 0.0578. The van der Waals surface area contributed by atoms with E-state index in [2.05, 4.69) is 19.5 Å². The van der Waals surface area contributed by atoms with Crippen molar-refractivity contribution in [1.82, 2.24) is 4.72 Å². The van der Waals surface area contributed by atoms with Crippen LogP contribution >= 0.6 is 0 Å². The van der Waals surface area contributed by atoms with E-state index in [-0.39, 0.29) is 10.6 Å². The lowest BCUT2D eigenvalue weighted by Crippen LogP contribution is -2.26. The van der Waals surface area contributed by atoms with E-state index in [1.165, 1.54) is 38.5 Å². The molecule has 154 valence electrons. The number of rotatable bonds is 8. The normalized spacial score (nSPS) is 12.7. The molecule has 0 saturated carbocycles. The van der Waals surface area contributed by atoms with Gasteiger partial charge in [-0.2, -0.15) is 0 Å². The summed E-state index contributed by atoms with van der Waals surface area (Å²) >= 11 is 0. The van der Waals surface area contributed by atoms with E-state index in [1.54, 1.807) is 6.92 Å². The van der Waals surface area contributed by atoms with Crippen molar-refractivity contribution in [3.63, 3.8) is 0 Å². The molecular formula is C20H22N2O6S. The summed E-state index contributed by atoms with van der Waals surface area (Å²) in [4.78, 5) is 23.2. The smallest absolute Gasteiger partial charge is 0.354 e. The summed E-state index contributed by atoms with van der Waals surface area (Å²) < 4.78 is 36.9. The van der Waals surface area contributed by atoms with Crippen LogP contribution in [0.1, 0.15) is 18.5 Å². The summed E-state index contributed by atoms with van der Waals surface area (Å²) in [6.07, 6.45) is 0.944. The third-order valence-corrected chi connectivity index (χ3v) is 5.50. The van der Waals surface area contributed by atoms with E-state index in [1.807, 2.05) is 30.3 Å². The highest BCUT2D eigenvalue weighted by molar-refractivity contribution is 7.89. The van der Waals surface area contributed by atoms with Crippen molar-refractivity contribution >= 4 is 27.6 Å². The van der Waals surface area contributed by atoms with Gasteiger partial charge in [0.25, 0.3) is 0 Å². The highest BCUT2D eigenvalue weighted by Gasteiger charge is 2.19. The molecule has 0 saturated heterocycles. The molecule has 2 aromatic carbocycles. The van der Waals surface area contributed by atoms with Crippen LogP contribution in [-0.2, 0) is 29.1 Å². The number of esters is 2. The van der Waals surface area contributed by atoms with Crippen LogP contribution in [-0.4, -0.2) is 34.6 Å². The molecular weight excluding hydrogens is 396 g/mol. The number of carbonyl (C=O) groups excluding carboxylic acids is 2. The molecule has 9 heteroatoms. The maximum Gasteiger partial charge on any atom is 0.354 e. The van der Waals surface area contributed by atoms with Crippen molar-refractivity contribution in [3.05, 3.63) is 71.9 Å². The molecule has 8 nitrogen and oxygen atoms in total. The van der Waals surface area contributed by atoms with Crippen molar-refractivity contribution in [2.45, 2.75) is 17.9 Å². The lowest BCUT2D eigenvalue weighted by atomic mass is 10.1. The van der Waals surface area contributed by atoms with E-state index >= 15 is 0 Å². The van der Waals surface area contributed by atoms with Crippen molar-refractivity contribution < 1.29 is 27.5 Å². The zero-order chi connectivity index (χ0) is 21.4. The zero-order valence-corrected chi connectivity index (χ0v) is 17.0. The molecule has 2 rings (SSSR count). The lowest BCUT2D eigenvalue weighted by Gasteiger charge is -2.15. The van der Waals surface area contributed by atoms with Crippen LogP contribution in [0.5, 0.6) is 0 Å². The molecule has 0 aliphatic heterocycles. The Hall–Kier alpha value is -3.17. The van der Waals surface area contributed by atoms with E-state index < -0.39 is 28.0 Å². The first-order chi connectivity index (χ1) is 13.8. The van der Waals surface area contributed by atoms with Gasteiger partial charge in [0.05, 0.1) is 25.2 Å². The molecule has 2 aromatic rings. The minimum Gasteiger partial charge on any atom is -0.466 e. The molecule has 0 aromatic heterocycles. The average molecular weight is 418 g/mol. The number of nitrogens with one attached hydrogen (secondary N) is 2. The topological polar surface area (TPSA) is 111 Å². The Bertz CT molecular complexity index is 985. The molecule has 1 unspecified atom stereocenters. The molecule has 0 heterocycles. The quantitative estimate of drug-likeness (QED) is 0.500. The van der Waals surface area contributed by atoms with E-state index in [0.29, 0.717) is 5.69 Å². The predicted octanol–water partition coefficient (Wildman–Crippen LogP) is 2.37. The summed E-state index contributed by atoms with van der Waals surface area (Å²) in [6.45, 7) is 1.75. The fourth-order valence-corrected chi connectivity index (χ4v) is 3.65. The van der Waals surface area contributed by atoms with Crippen molar-refractivity contribution in [1.29, 1.82) is 0 Å². The van der Waals surface area contributed by atoms with Gasteiger partial charge in [0.1, 0.15) is 5.70 Å². The summed E-state index contributed by atoms with van der Waals surface area (Å²) in [5.41, 5.74) is 1.08. The summed E-state index contributed by atoms with van der Waals surface area (Å²) in [5.74, 6) is -1.51. The number of sulfonamides is 1. The van der Waals surface area contributed by atoms with Gasteiger partial charge >= 0.3 is 11.9 Å². The first-order valence-corrected chi connectivity index (χ1v) is 10.1. The number of methoxy groups -OCH3 is 2. The first kappa shape index (κ1) is 22.1. The van der Waals surface area contributed by atoms with Gasteiger partial charge < -0.3 is 14.8 Å². The van der Waals surface area contributed by atoms with Crippen LogP contribution in [0.4, 0.5) is 5.69 Å². The molecule has 0 spiro atoms. The Labute approximate surface area is 169 Å². The number of anilines is 1. The monoisotopic (exact) mass is 418 g/mol. The number of hydrogen-bond donors (Lipinski definition) is 2. The van der Waals surface area contributed by atoms with E-state index in [9.17, 15) is 18.0 Å². The second-order valence-corrected chi connectivity index (χ2v) is 7.69. The molecule has 29 heavy (non-hydrogen) atoms.